The summed E-state index contributed by atoms with van der Waals surface area (Å²) in [5.74, 6) is 0.635. The zero-order chi connectivity index (χ0) is 14.4. The highest BCUT2D eigenvalue weighted by Crippen LogP contribution is 2.14. The van der Waals surface area contributed by atoms with Crippen LogP contribution < -0.4 is 15.5 Å². The molecule has 1 aromatic rings. The first-order valence-corrected chi connectivity index (χ1v) is 6.54. The van der Waals surface area contributed by atoms with Gasteiger partial charge in [0.25, 0.3) is 0 Å². The molecular formula is C11H19ClN6O. The Morgan fingerprint density at radius 1 is 1.32 bits per heavy atom. The van der Waals surface area contributed by atoms with E-state index >= 15 is 0 Å². The van der Waals surface area contributed by atoms with E-state index < -0.39 is 6.04 Å². The van der Waals surface area contributed by atoms with Crippen LogP contribution in [-0.2, 0) is 4.79 Å². The van der Waals surface area contributed by atoms with E-state index in [4.69, 9.17) is 11.6 Å². The minimum atomic E-state index is -0.451. The average Bonchev–Trinajstić information content (AvgIpc) is 2.38. The largest absolute Gasteiger partial charge is 0.357 e. The third-order valence-corrected chi connectivity index (χ3v) is 2.80. The second-order valence-electron chi connectivity index (χ2n) is 3.88. The van der Waals surface area contributed by atoms with Gasteiger partial charge in [0.2, 0.25) is 23.1 Å². The SMILES string of the molecule is CCN(CC)c1nc(Cl)nc(NC(C)C(=O)NC)n1. The van der Waals surface area contributed by atoms with Gasteiger partial charge < -0.3 is 15.5 Å². The maximum Gasteiger partial charge on any atom is 0.242 e. The number of carbonyl (C=O) groups is 1. The van der Waals surface area contributed by atoms with Gasteiger partial charge in [0.05, 0.1) is 0 Å². The van der Waals surface area contributed by atoms with E-state index in [1.54, 1.807) is 14.0 Å². The van der Waals surface area contributed by atoms with Crippen molar-refractivity contribution in [1.29, 1.82) is 0 Å². The zero-order valence-electron chi connectivity index (χ0n) is 11.6. The maximum atomic E-state index is 11.4. The van der Waals surface area contributed by atoms with Crippen LogP contribution in [0.5, 0.6) is 0 Å². The lowest BCUT2D eigenvalue weighted by Gasteiger charge is -2.19. The molecule has 2 N–H and O–H groups in total. The normalized spacial score (nSPS) is 11.8. The van der Waals surface area contributed by atoms with Gasteiger partial charge in [-0.05, 0) is 32.4 Å². The van der Waals surface area contributed by atoms with Gasteiger partial charge in [0, 0.05) is 20.1 Å². The standard InChI is InChI=1S/C11H19ClN6O/c1-5-18(6-2)11-16-9(12)15-10(17-11)14-7(3)8(19)13-4/h7H,5-6H2,1-4H3,(H,13,19)(H,14,15,16,17). The van der Waals surface area contributed by atoms with Crippen LogP contribution in [-0.4, -0.2) is 47.0 Å². The van der Waals surface area contributed by atoms with Gasteiger partial charge in [-0.25, -0.2) is 0 Å². The number of hydrogen-bond acceptors (Lipinski definition) is 6. The van der Waals surface area contributed by atoms with Crippen molar-refractivity contribution >= 4 is 29.4 Å². The lowest BCUT2D eigenvalue weighted by molar-refractivity contribution is -0.121. The van der Waals surface area contributed by atoms with Crippen molar-refractivity contribution in [3.63, 3.8) is 0 Å². The monoisotopic (exact) mass is 286 g/mol. The number of amides is 1. The fourth-order valence-corrected chi connectivity index (χ4v) is 1.68. The van der Waals surface area contributed by atoms with Crippen LogP contribution in [0.4, 0.5) is 11.9 Å². The van der Waals surface area contributed by atoms with Crippen LogP contribution in [0.15, 0.2) is 0 Å². The third-order valence-electron chi connectivity index (χ3n) is 2.63. The molecule has 0 radical (unpaired) electrons. The summed E-state index contributed by atoms with van der Waals surface area (Å²) in [5.41, 5.74) is 0. The van der Waals surface area contributed by atoms with Gasteiger partial charge in [-0.3, -0.25) is 4.79 Å². The molecule has 0 aromatic carbocycles. The number of nitrogens with one attached hydrogen (secondary N) is 2. The van der Waals surface area contributed by atoms with E-state index in [-0.39, 0.29) is 17.1 Å². The Bertz CT molecular complexity index is 437. The fourth-order valence-electron chi connectivity index (χ4n) is 1.53. The van der Waals surface area contributed by atoms with Crippen molar-refractivity contribution in [1.82, 2.24) is 20.3 Å². The maximum absolute atomic E-state index is 11.4. The lowest BCUT2D eigenvalue weighted by Crippen LogP contribution is -2.36. The van der Waals surface area contributed by atoms with Crippen molar-refractivity contribution in [2.75, 3.05) is 30.4 Å². The Balaban J connectivity index is 2.93. The molecule has 0 bridgehead atoms. The zero-order valence-corrected chi connectivity index (χ0v) is 12.3. The molecule has 0 aliphatic rings. The number of rotatable bonds is 6. The summed E-state index contributed by atoms with van der Waals surface area (Å²) in [6.07, 6.45) is 0. The van der Waals surface area contributed by atoms with Crippen molar-refractivity contribution in [3.8, 4) is 0 Å². The Hall–Kier alpha value is -1.63. The molecule has 0 saturated carbocycles. The molecule has 1 heterocycles. The van der Waals surface area contributed by atoms with E-state index in [1.807, 2.05) is 18.7 Å². The molecule has 8 heteroatoms. The lowest BCUT2D eigenvalue weighted by atomic mass is 10.3. The van der Waals surface area contributed by atoms with Crippen LogP contribution in [0.3, 0.4) is 0 Å². The molecule has 0 saturated heterocycles. The van der Waals surface area contributed by atoms with Gasteiger partial charge >= 0.3 is 0 Å². The average molecular weight is 287 g/mol. The molecular weight excluding hydrogens is 268 g/mol. The predicted molar refractivity (Wildman–Crippen MR) is 75.5 cm³/mol. The van der Waals surface area contributed by atoms with E-state index in [9.17, 15) is 4.79 Å². The highest BCUT2D eigenvalue weighted by atomic mass is 35.5. The molecule has 106 valence electrons. The fraction of sp³-hybridized carbons (Fsp3) is 0.636. The number of carbonyl (C=O) groups excluding carboxylic acids is 1. The van der Waals surface area contributed by atoms with Gasteiger partial charge in [-0.15, -0.1) is 0 Å². The second-order valence-corrected chi connectivity index (χ2v) is 4.22. The van der Waals surface area contributed by atoms with Crippen molar-refractivity contribution in [2.24, 2.45) is 0 Å². The summed E-state index contributed by atoms with van der Waals surface area (Å²) in [4.78, 5) is 25.7. The summed E-state index contributed by atoms with van der Waals surface area (Å²) in [6.45, 7) is 7.25. The van der Waals surface area contributed by atoms with Gasteiger partial charge in [-0.1, -0.05) is 0 Å². The Labute approximate surface area is 117 Å². The quantitative estimate of drug-likeness (QED) is 0.809. The minimum absolute atomic E-state index is 0.100. The first-order valence-electron chi connectivity index (χ1n) is 6.16. The minimum Gasteiger partial charge on any atom is -0.357 e. The van der Waals surface area contributed by atoms with Gasteiger partial charge in [0.1, 0.15) is 6.04 Å². The number of hydrogen-bond donors (Lipinski definition) is 2. The number of anilines is 2. The molecule has 0 aliphatic heterocycles. The Kier molecular flexibility index (Phi) is 5.75. The van der Waals surface area contributed by atoms with E-state index in [0.717, 1.165) is 13.1 Å². The van der Waals surface area contributed by atoms with Crippen molar-refractivity contribution in [2.45, 2.75) is 26.8 Å². The van der Waals surface area contributed by atoms with Crippen molar-refractivity contribution in [3.05, 3.63) is 5.28 Å². The molecule has 7 nitrogen and oxygen atoms in total. The van der Waals surface area contributed by atoms with Crippen LogP contribution in [0.1, 0.15) is 20.8 Å². The number of aromatic nitrogens is 3. The second kappa shape index (κ2) is 7.08. The molecule has 1 rings (SSSR count). The first kappa shape index (κ1) is 15.4. The topological polar surface area (TPSA) is 83.0 Å². The van der Waals surface area contributed by atoms with E-state index in [0.29, 0.717) is 5.95 Å². The van der Waals surface area contributed by atoms with Gasteiger partial charge in [-0.2, -0.15) is 15.0 Å². The number of likely N-dealkylation sites (N-methyl/N-ethyl adjacent to an activating group) is 1. The van der Waals surface area contributed by atoms with E-state index in [2.05, 4.69) is 25.6 Å². The molecule has 0 fully saturated rings. The predicted octanol–water partition coefficient (Wildman–Crippen LogP) is 0.918. The first-order chi connectivity index (χ1) is 9.01. The van der Waals surface area contributed by atoms with Crippen LogP contribution >= 0.6 is 11.6 Å². The molecule has 1 unspecified atom stereocenters. The Morgan fingerprint density at radius 2 is 1.95 bits per heavy atom. The van der Waals surface area contributed by atoms with Crippen LogP contribution in [0.2, 0.25) is 5.28 Å². The third kappa shape index (κ3) is 4.20. The number of nitrogens with zero attached hydrogens (tertiary/aromatic N) is 4. The molecule has 1 aromatic heterocycles. The summed E-state index contributed by atoms with van der Waals surface area (Å²) in [7, 11) is 1.57. The molecule has 0 aliphatic carbocycles. The summed E-state index contributed by atoms with van der Waals surface area (Å²) in [5, 5.41) is 5.54. The molecule has 0 spiro atoms. The smallest absolute Gasteiger partial charge is 0.242 e. The number of halogens is 1. The van der Waals surface area contributed by atoms with Crippen LogP contribution in [0, 0.1) is 0 Å². The van der Waals surface area contributed by atoms with Crippen LogP contribution in [0.25, 0.3) is 0 Å². The summed E-state index contributed by atoms with van der Waals surface area (Å²) >= 11 is 5.88. The molecule has 1 atom stereocenters. The van der Waals surface area contributed by atoms with Gasteiger partial charge in [0.15, 0.2) is 0 Å². The Morgan fingerprint density at radius 3 is 2.47 bits per heavy atom. The van der Waals surface area contributed by atoms with E-state index in [1.165, 1.54) is 0 Å². The molecule has 1 amide bonds. The summed E-state index contributed by atoms with van der Waals surface area (Å²) in [6, 6.07) is -0.451. The summed E-state index contributed by atoms with van der Waals surface area (Å²) < 4.78 is 0. The molecule has 19 heavy (non-hydrogen) atoms. The highest BCUT2D eigenvalue weighted by molar-refractivity contribution is 6.28. The highest BCUT2D eigenvalue weighted by Gasteiger charge is 2.15. The van der Waals surface area contributed by atoms with Crippen molar-refractivity contribution < 1.29 is 4.79 Å².